The van der Waals surface area contributed by atoms with Gasteiger partial charge in [-0.15, -0.1) is 0 Å². The molecule has 5 heteroatoms. The van der Waals surface area contributed by atoms with Crippen molar-refractivity contribution in [2.45, 2.75) is 19.3 Å². The SMILES string of the molecule is CC(CN1CC(CC(=O)O)c2ccccc21)C(N)=O. The van der Waals surface area contributed by atoms with Crippen LogP contribution in [-0.2, 0) is 9.59 Å². The number of nitrogens with two attached hydrogens (primary N) is 1. The van der Waals surface area contributed by atoms with Gasteiger partial charge in [-0.05, 0) is 11.6 Å². The summed E-state index contributed by atoms with van der Waals surface area (Å²) in [4.78, 5) is 24.1. The molecule has 0 aliphatic carbocycles. The molecule has 0 fully saturated rings. The molecule has 1 aliphatic heterocycles. The Labute approximate surface area is 112 Å². The molecule has 3 N–H and O–H groups in total. The van der Waals surface area contributed by atoms with E-state index in [4.69, 9.17) is 10.8 Å². The predicted molar refractivity (Wildman–Crippen MR) is 72.0 cm³/mol. The molecule has 0 saturated carbocycles. The van der Waals surface area contributed by atoms with E-state index < -0.39 is 5.97 Å². The van der Waals surface area contributed by atoms with Gasteiger partial charge in [-0.25, -0.2) is 0 Å². The minimum atomic E-state index is -0.801. The lowest BCUT2D eigenvalue weighted by molar-refractivity contribution is -0.137. The fraction of sp³-hybridized carbons (Fsp3) is 0.429. The second kappa shape index (κ2) is 5.30. The smallest absolute Gasteiger partial charge is 0.304 e. The maximum atomic E-state index is 11.2. The molecule has 1 aliphatic rings. The predicted octanol–water partition coefficient (Wildman–Crippen LogP) is 1.19. The lowest BCUT2D eigenvalue weighted by Gasteiger charge is -2.22. The number of anilines is 1. The summed E-state index contributed by atoms with van der Waals surface area (Å²) in [5.74, 6) is -1.41. The van der Waals surface area contributed by atoms with Crippen LogP contribution in [0.25, 0.3) is 0 Å². The van der Waals surface area contributed by atoms with Gasteiger partial charge in [0, 0.05) is 24.7 Å². The molecule has 1 heterocycles. The van der Waals surface area contributed by atoms with Crippen LogP contribution in [0.1, 0.15) is 24.8 Å². The number of amides is 1. The summed E-state index contributed by atoms with van der Waals surface area (Å²) in [5.41, 5.74) is 7.35. The van der Waals surface area contributed by atoms with E-state index in [0.29, 0.717) is 13.1 Å². The van der Waals surface area contributed by atoms with Crippen LogP contribution in [0.15, 0.2) is 24.3 Å². The highest BCUT2D eigenvalue weighted by Gasteiger charge is 2.30. The Morgan fingerprint density at radius 2 is 2.16 bits per heavy atom. The Bertz CT molecular complexity index is 501. The topological polar surface area (TPSA) is 83.6 Å². The third-order valence-corrected chi connectivity index (χ3v) is 3.56. The first kappa shape index (κ1) is 13.4. The molecule has 1 aromatic carbocycles. The zero-order valence-electron chi connectivity index (χ0n) is 10.9. The van der Waals surface area contributed by atoms with Crippen LogP contribution in [0.2, 0.25) is 0 Å². The standard InChI is InChI=1S/C14H18N2O3/c1-9(14(15)19)7-16-8-10(6-13(17)18)11-4-2-3-5-12(11)16/h2-5,9-10H,6-8H2,1H3,(H2,15,19)(H,17,18). The number of carbonyl (C=O) groups is 2. The van der Waals surface area contributed by atoms with Crippen molar-refractivity contribution in [3.8, 4) is 0 Å². The molecule has 5 nitrogen and oxygen atoms in total. The average molecular weight is 262 g/mol. The fourth-order valence-corrected chi connectivity index (χ4v) is 2.56. The van der Waals surface area contributed by atoms with Gasteiger partial charge in [0.1, 0.15) is 0 Å². The fourth-order valence-electron chi connectivity index (χ4n) is 2.56. The number of carbonyl (C=O) groups excluding carboxylic acids is 1. The van der Waals surface area contributed by atoms with Crippen molar-refractivity contribution in [2.24, 2.45) is 11.7 Å². The Balaban J connectivity index is 2.20. The van der Waals surface area contributed by atoms with Crippen molar-refractivity contribution in [1.29, 1.82) is 0 Å². The summed E-state index contributed by atoms with van der Waals surface area (Å²) >= 11 is 0. The van der Waals surface area contributed by atoms with Gasteiger partial charge in [0.15, 0.2) is 0 Å². The summed E-state index contributed by atoms with van der Waals surface area (Å²) in [6.45, 7) is 2.95. The molecule has 2 unspecified atom stereocenters. The van der Waals surface area contributed by atoms with Gasteiger partial charge in [0.25, 0.3) is 0 Å². The first-order valence-electron chi connectivity index (χ1n) is 6.34. The molecule has 1 amide bonds. The molecule has 2 atom stereocenters. The van der Waals surface area contributed by atoms with Crippen molar-refractivity contribution in [1.82, 2.24) is 0 Å². The summed E-state index contributed by atoms with van der Waals surface area (Å²) < 4.78 is 0. The monoisotopic (exact) mass is 262 g/mol. The van der Waals surface area contributed by atoms with E-state index in [-0.39, 0.29) is 24.2 Å². The van der Waals surface area contributed by atoms with Crippen molar-refractivity contribution >= 4 is 17.6 Å². The maximum Gasteiger partial charge on any atom is 0.304 e. The van der Waals surface area contributed by atoms with Crippen molar-refractivity contribution in [3.05, 3.63) is 29.8 Å². The van der Waals surface area contributed by atoms with Gasteiger partial charge < -0.3 is 15.7 Å². The van der Waals surface area contributed by atoms with Crippen LogP contribution < -0.4 is 10.6 Å². The number of carboxylic acids is 1. The van der Waals surface area contributed by atoms with Gasteiger partial charge in [0.05, 0.1) is 12.3 Å². The van der Waals surface area contributed by atoms with E-state index in [1.54, 1.807) is 6.92 Å². The third-order valence-electron chi connectivity index (χ3n) is 3.56. The average Bonchev–Trinajstić information content (AvgIpc) is 2.67. The third kappa shape index (κ3) is 2.86. The Kier molecular flexibility index (Phi) is 3.74. The van der Waals surface area contributed by atoms with E-state index in [9.17, 15) is 9.59 Å². The van der Waals surface area contributed by atoms with Gasteiger partial charge in [-0.1, -0.05) is 25.1 Å². The molecule has 0 aromatic heterocycles. The number of nitrogens with zero attached hydrogens (tertiary/aromatic N) is 1. The summed E-state index contributed by atoms with van der Waals surface area (Å²) in [5, 5.41) is 8.96. The molecule has 0 saturated heterocycles. The first-order valence-corrected chi connectivity index (χ1v) is 6.34. The number of carboxylic acid groups (broad SMARTS) is 1. The zero-order chi connectivity index (χ0) is 14.0. The van der Waals surface area contributed by atoms with E-state index in [0.717, 1.165) is 11.3 Å². The molecule has 19 heavy (non-hydrogen) atoms. The normalized spacial score (nSPS) is 19.0. The maximum absolute atomic E-state index is 11.2. The molecule has 0 bridgehead atoms. The lowest BCUT2D eigenvalue weighted by atomic mass is 9.98. The minimum Gasteiger partial charge on any atom is -0.481 e. The Morgan fingerprint density at radius 1 is 1.47 bits per heavy atom. The van der Waals surface area contributed by atoms with Gasteiger partial charge >= 0.3 is 5.97 Å². The zero-order valence-corrected chi connectivity index (χ0v) is 10.9. The quantitative estimate of drug-likeness (QED) is 0.834. The number of aliphatic carboxylic acids is 1. The highest BCUT2D eigenvalue weighted by Crippen LogP contribution is 2.38. The van der Waals surface area contributed by atoms with Crippen LogP contribution in [0.4, 0.5) is 5.69 Å². The molecule has 2 rings (SSSR count). The molecular formula is C14H18N2O3. The summed E-state index contributed by atoms with van der Waals surface area (Å²) in [7, 11) is 0. The van der Waals surface area contributed by atoms with Gasteiger partial charge in [0.2, 0.25) is 5.91 Å². The molecule has 0 spiro atoms. The molecule has 102 valence electrons. The number of primary amides is 1. The van der Waals surface area contributed by atoms with Crippen LogP contribution >= 0.6 is 0 Å². The van der Waals surface area contributed by atoms with Crippen LogP contribution in [0, 0.1) is 5.92 Å². The van der Waals surface area contributed by atoms with Crippen molar-refractivity contribution in [3.63, 3.8) is 0 Å². The van der Waals surface area contributed by atoms with Gasteiger partial charge in [-0.3, -0.25) is 9.59 Å². The largest absolute Gasteiger partial charge is 0.481 e. The number of hydrogen-bond donors (Lipinski definition) is 2. The Morgan fingerprint density at radius 3 is 2.79 bits per heavy atom. The Hall–Kier alpha value is -2.04. The number of fused-ring (bicyclic) bond motifs is 1. The number of benzene rings is 1. The summed E-state index contributed by atoms with van der Waals surface area (Å²) in [6, 6.07) is 7.75. The minimum absolute atomic E-state index is 0.0197. The number of rotatable bonds is 5. The first-order chi connectivity index (χ1) is 8.99. The van der Waals surface area contributed by atoms with E-state index in [1.807, 2.05) is 24.3 Å². The van der Waals surface area contributed by atoms with Gasteiger partial charge in [-0.2, -0.15) is 0 Å². The highest BCUT2D eigenvalue weighted by molar-refractivity contribution is 5.77. The number of para-hydroxylation sites is 1. The van der Waals surface area contributed by atoms with E-state index in [1.165, 1.54) is 0 Å². The van der Waals surface area contributed by atoms with Crippen LogP contribution in [-0.4, -0.2) is 30.1 Å². The lowest BCUT2D eigenvalue weighted by Crippen LogP contribution is -2.34. The van der Waals surface area contributed by atoms with Crippen molar-refractivity contribution < 1.29 is 14.7 Å². The second-order valence-electron chi connectivity index (χ2n) is 5.06. The molecule has 1 aromatic rings. The number of hydrogen-bond acceptors (Lipinski definition) is 3. The van der Waals surface area contributed by atoms with Crippen molar-refractivity contribution in [2.75, 3.05) is 18.0 Å². The van der Waals surface area contributed by atoms with E-state index >= 15 is 0 Å². The van der Waals surface area contributed by atoms with Crippen LogP contribution in [0.3, 0.4) is 0 Å². The summed E-state index contributed by atoms with van der Waals surface area (Å²) in [6.07, 6.45) is 0.110. The second-order valence-corrected chi connectivity index (χ2v) is 5.06. The van der Waals surface area contributed by atoms with Crippen LogP contribution in [0.5, 0.6) is 0 Å². The van der Waals surface area contributed by atoms with E-state index in [2.05, 4.69) is 4.90 Å². The molecular weight excluding hydrogens is 244 g/mol. The highest BCUT2D eigenvalue weighted by atomic mass is 16.4. The molecule has 0 radical (unpaired) electrons.